The number of hydrogen-bond acceptors (Lipinski definition) is 4. The first-order valence-corrected chi connectivity index (χ1v) is 7.98. The van der Waals surface area contributed by atoms with E-state index in [4.69, 9.17) is 5.11 Å². The van der Waals surface area contributed by atoms with E-state index in [0.717, 1.165) is 25.7 Å². The number of aliphatic hydroxyl groups excluding tert-OH is 1. The number of allylic oxidation sites excluding steroid dienone is 1. The van der Waals surface area contributed by atoms with Gasteiger partial charge < -0.3 is 24.6 Å². The van der Waals surface area contributed by atoms with Crippen molar-refractivity contribution in [3.63, 3.8) is 0 Å². The zero-order chi connectivity index (χ0) is 16.8. The van der Waals surface area contributed by atoms with Gasteiger partial charge in [-0.25, -0.2) is 0 Å². The molecule has 23 heavy (non-hydrogen) atoms. The number of nitrogens with zero attached hydrogens (tertiary/aromatic N) is 1. The van der Waals surface area contributed by atoms with Crippen molar-refractivity contribution in [3.8, 4) is 0 Å². The Morgan fingerprint density at radius 3 is 2.17 bits per heavy atom. The van der Waals surface area contributed by atoms with Crippen LogP contribution < -0.4 is 34.7 Å². The van der Waals surface area contributed by atoms with E-state index in [1.807, 2.05) is 0 Å². The molecule has 0 aliphatic carbocycles. The van der Waals surface area contributed by atoms with Gasteiger partial charge in [-0.05, 0) is 6.42 Å². The molecular formula is C16H29NNaO5+. The molecule has 2 N–H and O–H groups in total. The largest absolute Gasteiger partial charge is 1.00 e. The van der Waals surface area contributed by atoms with E-state index < -0.39 is 11.9 Å². The minimum absolute atomic E-state index is 0. The fraction of sp³-hybridized carbons (Fsp3) is 0.750. The van der Waals surface area contributed by atoms with Crippen LogP contribution in [-0.2, 0) is 9.59 Å². The number of rotatable bonds is 14. The van der Waals surface area contributed by atoms with Crippen LogP contribution in [0.3, 0.4) is 0 Å². The molecule has 0 aromatic carbocycles. The molecule has 0 spiro atoms. The van der Waals surface area contributed by atoms with Crippen LogP contribution in [0.25, 0.3) is 0 Å². The van der Waals surface area contributed by atoms with Crippen LogP contribution in [0.4, 0.5) is 0 Å². The zero-order valence-corrected chi connectivity index (χ0v) is 16.5. The average Bonchev–Trinajstić information content (AvgIpc) is 2.46. The number of hydrogen-bond donors (Lipinski definition) is 2. The summed E-state index contributed by atoms with van der Waals surface area (Å²) in [5.74, 6) is -2.05. The molecule has 0 amide bonds. The van der Waals surface area contributed by atoms with Gasteiger partial charge in [0, 0.05) is 18.8 Å². The Balaban J connectivity index is 0. The van der Waals surface area contributed by atoms with Gasteiger partial charge >= 0.3 is 35.5 Å². The summed E-state index contributed by atoms with van der Waals surface area (Å²) in [6.07, 6.45) is 8.04. The molecule has 7 heteroatoms. The molecule has 0 rings (SSSR count). The van der Waals surface area contributed by atoms with E-state index >= 15 is 0 Å². The second-order valence-electron chi connectivity index (χ2n) is 5.63. The first-order valence-electron chi connectivity index (χ1n) is 7.98. The minimum Gasteiger partial charge on any atom is -0.550 e. The summed E-state index contributed by atoms with van der Waals surface area (Å²) < 4.78 is 0.300. The van der Waals surface area contributed by atoms with Crippen LogP contribution in [0.5, 0.6) is 0 Å². The third kappa shape index (κ3) is 13.7. The van der Waals surface area contributed by atoms with Crippen molar-refractivity contribution >= 4 is 11.9 Å². The van der Waals surface area contributed by atoms with Crippen LogP contribution in [0, 0.1) is 0 Å². The smallest absolute Gasteiger partial charge is 0.550 e. The molecule has 0 saturated heterocycles. The van der Waals surface area contributed by atoms with Gasteiger partial charge in [-0.3, -0.25) is 4.79 Å². The van der Waals surface area contributed by atoms with Crippen molar-refractivity contribution in [2.24, 2.45) is 0 Å². The second-order valence-corrected chi connectivity index (χ2v) is 5.63. The number of unbranched alkanes of at least 4 members (excludes halogenated alkanes) is 2. The molecule has 1 unspecified atom stereocenters. The molecule has 0 aromatic rings. The molecule has 0 aliphatic rings. The molecule has 0 heterocycles. The molecule has 0 aromatic heterocycles. The monoisotopic (exact) mass is 338 g/mol. The molecule has 0 saturated carbocycles. The fourth-order valence-electron chi connectivity index (χ4n) is 2.45. The van der Waals surface area contributed by atoms with Gasteiger partial charge in [0.05, 0.1) is 32.7 Å². The quantitative estimate of drug-likeness (QED) is 0.159. The Morgan fingerprint density at radius 2 is 1.65 bits per heavy atom. The molecule has 1 atom stereocenters. The molecule has 0 fully saturated rings. The number of quaternary nitrogens is 1. The van der Waals surface area contributed by atoms with E-state index in [2.05, 4.69) is 19.1 Å². The van der Waals surface area contributed by atoms with Gasteiger partial charge in [0.15, 0.2) is 0 Å². The second kappa shape index (κ2) is 15.1. The summed E-state index contributed by atoms with van der Waals surface area (Å²) in [5.41, 5.74) is 0. The van der Waals surface area contributed by atoms with E-state index in [1.54, 1.807) is 0 Å². The number of aliphatic hydroxyl groups is 1. The van der Waals surface area contributed by atoms with E-state index in [1.165, 1.54) is 0 Å². The summed E-state index contributed by atoms with van der Waals surface area (Å²) in [6, 6.07) is 0. The topological polar surface area (TPSA) is 97.7 Å². The van der Waals surface area contributed by atoms with Crippen molar-refractivity contribution in [3.05, 3.63) is 12.2 Å². The van der Waals surface area contributed by atoms with Gasteiger partial charge in [-0.2, -0.15) is 0 Å². The Kier molecular flexibility index (Phi) is 16.4. The normalized spacial score (nSPS) is 13.5. The van der Waals surface area contributed by atoms with Gasteiger partial charge in [0.25, 0.3) is 0 Å². The summed E-state index contributed by atoms with van der Waals surface area (Å²) in [6.45, 7) is 3.65. The standard InChI is InChI=1S/C16H29NO5.Na/c1-2-3-4-5-6-7-10-17(13-14-18,11-8-15(19)20)12-9-16(21)22;/h5-6,18H,2-4,7-14H2,1H3,(H-,19,20,21,22);/q;+1/b6-5+;. The summed E-state index contributed by atoms with van der Waals surface area (Å²) in [7, 11) is 0. The molecule has 0 bridgehead atoms. The maximum atomic E-state index is 10.8. The zero-order valence-electron chi connectivity index (χ0n) is 14.5. The Morgan fingerprint density at radius 1 is 1.04 bits per heavy atom. The number of carbonyl (C=O) groups excluding carboxylic acids is 1. The van der Waals surface area contributed by atoms with Gasteiger partial charge in [0.1, 0.15) is 6.54 Å². The third-order valence-corrected chi connectivity index (χ3v) is 3.83. The minimum atomic E-state index is -1.14. The molecule has 128 valence electrons. The van der Waals surface area contributed by atoms with E-state index in [9.17, 15) is 19.8 Å². The van der Waals surface area contributed by atoms with Crippen molar-refractivity contribution in [1.82, 2.24) is 0 Å². The number of aliphatic carboxylic acids is 2. The molecular weight excluding hydrogens is 309 g/mol. The molecule has 0 aliphatic heterocycles. The molecule has 0 radical (unpaired) electrons. The summed E-state index contributed by atoms with van der Waals surface area (Å²) in [5, 5.41) is 28.9. The Hall–Kier alpha value is -0.400. The average molecular weight is 338 g/mol. The summed E-state index contributed by atoms with van der Waals surface area (Å²) >= 11 is 0. The van der Waals surface area contributed by atoms with Crippen molar-refractivity contribution in [2.45, 2.75) is 45.4 Å². The van der Waals surface area contributed by atoms with Gasteiger partial charge in [0.2, 0.25) is 0 Å². The Labute approximate surface area is 161 Å². The van der Waals surface area contributed by atoms with Crippen LogP contribution in [0.15, 0.2) is 12.2 Å². The van der Waals surface area contributed by atoms with E-state index in [-0.39, 0.29) is 49.0 Å². The predicted octanol–water partition coefficient (Wildman–Crippen LogP) is -2.45. The maximum Gasteiger partial charge on any atom is 1.00 e. The van der Waals surface area contributed by atoms with Crippen LogP contribution >= 0.6 is 0 Å². The van der Waals surface area contributed by atoms with Crippen molar-refractivity contribution in [2.75, 3.05) is 32.8 Å². The third-order valence-electron chi connectivity index (χ3n) is 3.83. The maximum absolute atomic E-state index is 10.8. The van der Waals surface area contributed by atoms with Crippen LogP contribution in [0.1, 0.15) is 45.4 Å². The van der Waals surface area contributed by atoms with Crippen LogP contribution in [0.2, 0.25) is 0 Å². The number of carboxylic acids is 2. The summed E-state index contributed by atoms with van der Waals surface area (Å²) in [4.78, 5) is 21.5. The SMILES string of the molecule is CCCC/C=C/CC[N+](CCO)(CCC(=O)[O-])CCC(=O)O.[Na+]. The van der Waals surface area contributed by atoms with Gasteiger partial charge in [-0.15, -0.1) is 0 Å². The first kappa shape index (κ1) is 24.8. The number of carboxylic acid groups (broad SMARTS) is 2. The first-order chi connectivity index (χ1) is 10.5. The predicted molar refractivity (Wildman–Crippen MR) is 82.0 cm³/mol. The van der Waals surface area contributed by atoms with Crippen molar-refractivity contribution in [1.29, 1.82) is 0 Å². The Bertz CT molecular complexity index is 342. The van der Waals surface area contributed by atoms with Crippen LogP contribution in [-0.4, -0.2) is 59.4 Å². The van der Waals surface area contributed by atoms with E-state index in [0.29, 0.717) is 30.7 Å². The molecule has 6 nitrogen and oxygen atoms in total. The van der Waals surface area contributed by atoms with Crippen molar-refractivity contribution < 1.29 is 58.9 Å². The fourth-order valence-corrected chi connectivity index (χ4v) is 2.45. The number of carbonyl (C=O) groups is 2. The van der Waals surface area contributed by atoms with Gasteiger partial charge in [-0.1, -0.05) is 31.9 Å².